The molecule has 1 atom stereocenters. The van der Waals surface area contributed by atoms with Crippen LogP contribution in [0.25, 0.3) is 10.9 Å². The fraction of sp³-hybridized carbons (Fsp3) is 0.333. The standard InChI is InChI=1S/C27H28N6O4/c28-13-20-15-29-24-6-5-17(12-22(20)24)11-19(25(34)35)14-30-26(36)32-9-7-21(8-10-32)33-16-18-3-1-2-4-23(18)31-27(33)37/h1-6,12,15,19,21,29H,7-11,14,16H2,(H,30,36)(H,31,37)(H,34,35). The lowest BCUT2D eigenvalue weighted by Gasteiger charge is -2.40. The van der Waals surface area contributed by atoms with Crippen LogP contribution in [0.4, 0.5) is 15.3 Å². The largest absolute Gasteiger partial charge is 0.481 e. The topological polar surface area (TPSA) is 142 Å². The summed E-state index contributed by atoms with van der Waals surface area (Å²) in [7, 11) is 0. The number of piperidine rings is 1. The molecule has 1 saturated heterocycles. The number of carbonyl (C=O) groups is 3. The van der Waals surface area contributed by atoms with Crippen molar-refractivity contribution in [3.63, 3.8) is 0 Å². The molecule has 10 heteroatoms. The van der Waals surface area contributed by atoms with Crippen LogP contribution in [0.3, 0.4) is 0 Å². The third-order valence-electron chi connectivity index (χ3n) is 7.25. The molecule has 0 radical (unpaired) electrons. The normalized spacial score (nSPS) is 16.6. The molecule has 0 aliphatic carbocycles. The van der Waals surface area contributed by atoms with Gasteiger partial charge in [0.15, 0.2) is 0 Å². The van der Waals surface area contributed by atoms with Crippen molar-refractivity contribution in [3.8, 4) is 6.07 Å². The van der Waals surface area contributed by atoms with Gasteiger partial charge >= 0.3 is 18.0 Å². The van der Waals surface area contributed by atoms with Crippen molar-refractivity contribution >= 4 is 34.6 Å². The van der Waals surface area contributed by atoms with Crippen molar-refractivity contribution in [2.24, 2.45) is 5.92 Å². The Hall–Kier alpha value is -4.52. The number of para-hydroxylation sites is 1. The fourth-order valence-corrected chi connectivity index (χ4v) is 5.14. The van der Waals surface area contributed by atoms with Crippen LogP contribution in [0, 0.1) is 17.2 Å². The first kappa shape index (κ1) is 24.2. The molecule has 37 heavy (non-hydrogen) atoms. The second-order valence-electron chi connectivity index (χ2n) is 9.55. The summed E-state index contributed by atoms with van der Waals surface area (Å²) in [5.74, 6) is -1.80. The number of nitrogens with one attached hydrogen (secondary N) is 3. The Bertz CT molecular complexity index is 1390. The molecule has 0 spiro atoms. The quantitative estimate of drug-likeness (QED) is 0.410. The third kappa shape index (κ3) is 5.07. The summed E-state index contributed by atoms with van der Waals surface area (Å²) < 4.78 is 0. The second kappa shape index (κ2) is 10.2. The molecular formula is C27H28N6O4. The number of amides is 4. The molecule has 3 heterocycles. The van der Waals surface area contributed by atoms with Crippen LogP contribution >= 0.6 is 0 Å². The van der Waals surface area contributed by atoms with E-state index in [0.717, 1.165) is 27.7 Å². The first-order valence-electron chi connectivity index (χ1n) is 12.3. The molecule has 3 aromatic rings. The lowest BCUT2D eigenvalue weighted by atomic mass is 9.97. The van der Waals surface area contributed by atoms with Gasteiger partial charge in [-0.2, -0.15) is 5.26 Å². The Morgan fingerprint density at radius 3 is 2.73 bits per heavy atom. The van der Waals surface area contributed by atoms with Gasteiger partial charge in [0.2, 0.25) is 0 Å². The molecule has 2 aliphatic heterocycles. The Morgan fingerprint density at radius 2 is 1.97 bits per heavy atom. The van der Waals surface area contributed by atoms with Gasteiger partial charge in [-0.3, -0.25) is 4.79 Å². The number of carboxylic acids is 1. The van der Waals surface area contributed by atoms with Crippen molar-refractivity contribution < 1.29 is 19.5 Å². The lowest BCUT2D eigenvalue weighted by Crippen LogP contribution is -2.53. The van der Waals surface area contributed by atoms with Crippen LogP contribution in [-0.2, 0) is 17.8 Å². The number of aromatic amines is 1. The number of aromatic nitrogens is 1. The van der Waals surface area contributed by atoms with E-state index in [4.69, 9.17) is 0 Å². The average Bonchev–Trinajstić information content (AvgIpc) is 3.32. The minimum atomic E-state index is -0.995. The summed E-state index contributed by atoms with van der Waals surface area (Å²) in [6.45, 7) is 1.51. The van der Waals surface area contributed by atoms with Gasteiger partial charge in [0.1, 0.15) is 6.07 Å². The molecule has 0 bridgehead atoms. The number of urea groups is 2. The molecular weight excluding hydrogens is 472 g/mol. The molecule has 4 amide bonds. The molecule has 0 saturated carbocycles. The van der Waals surface area contributed by atoms with Crippen molar-refractivity contribution in [2.45, 2.75) is 31.8 Å². The number of nitrogens with zero attached hydrogens (tertiary/aromatic N) is 3. The zero-order valence-corrected chi connectivity index (χ0v) is 20.2. The number of H-pyrrole nitrogens is 1. The first-order valence-corrected chi connectivity index (χ1v) is 12.3. The molecule has 5 rings (SSSR count). The predicted octanol–water partition coefficient (Wildman–Crippen LogP) is 3.50. The van der Waals surface area contributed by atoms with Crippen LogP contribution in [0.1, 0.15) is 29.5 Å². The van der Waals surface area contributed by atoms with Gasteiger partial charge in [0.25, 0.3) is 0 Å². The maximum atomic E-state index is 12.8. The summed E-state index contributed by atoms with van der Waals surface area (Å²) in [6, 6.07) is 15.0. The monoisotopic (exact) mass is 500 g/mol. The van der Waals surface area contributed by atoms with Gasteiger partial charge in [-0.25, -0.2) is 9.59 Å². The highest BCUT2D eigenvalue weighted by Gasteiger charge is 2.32. The highest BCUT2D eigenvalue weighted by molar-refractivity contribution is 5.92. The third-order valence-corrected chi connectivity index (χ3v) is 7.25. The minimum Gasteiger partial charge on any atom is -0.481 e. The molecule has 10 nitrogen and oxygen atoms in total. The molecule has 2 aliphatic rings. The van der Waals surface area contributed by atoms with Crippen LogP contribution in [-0.4, -0.2) is 63.6 Å². The summed E-state index contributed by atoms with van der Waals surface area (Å²) >= 11 is 0. The Balaban J connectivity index is 1.14. The van der Waals surface area contributed by atoms with E-state index < -0.39 is 11.9 Å². The maximum absolute atomic E-state index is 12.8. The van der Waals surface area contributed by atoms with Crippen molar-refractivity contribution in [3.05, 3.63) is 65.4 Å². The number of benzene rings is 2. The molecule has 2 aromatic carbocycles. The fourth-order valence-electron chi connectivity index (χ4n) is 5.14. The van der Waals surface area contributed by atoms with Gasteiger partial charge in [0, 0.05) is 55.0 Å². The minimum absolute atomic E-state index is 0.00427. The van der Waals surface area contributed by atoms with E-state index in [1.807, 2.05) is 47.4 Å². The number of hydrogen-bond donors (Lipinski definition) is 4. The SMILES string of the molecule is N#Cc1c[nH]c2ccc(CC(CNC(=O)N3CCC(N4Cc5ccccc5NC4=O)CC3)C(=O)O)cc12. The molecule has 190 valence electrons. The van der Waals surface area contributed by atoms with Crippen LogP contribution < -0.4 is 10.6 Å². The van der Waals surface area contributed by atoms with E-state index in [1.165, 1.54) is 0 Å². The maximum Gasteiger partial charge on any atom is 0.322 e. The summed E-state index contributed by atoms with van der Waals surface area (Å²) in [6.07, 6.45) is 3.17. The zero-order valence-electron chi connectivity index (χ0n) is 20.2. The van der Waals surface area contributed by atoms with Gasteiger partial charge < -0.3 is 30.5 Å². The van der Waals surface area contributed by atoms with Crippen molar-refractivity contribution in [2.75, 3.05) is 25.0 Å². The number of fused-ring (bicyclic) bond motifs is 2. The van der Waals surface area contributed by atoms with Crippen molar-refractivity contribution in [1.29, 1.82) is 5.26 Å². The average molecular weight is 501 g/mol. The Labute approximate surface area is 213 Å². The number of carbonyl (C=O) groups excluding carboxylic acids is 2. The smallest absolute Gasteiger partial charge is 0.322 e. The number of hydrogen-bond acceptors (Lipinski definition) is 4. The summed E-state index contributed by atoms with van der Waals surface area (Å²) in [5.41, 5.74) is 4.02. The van der Waals surface area contributed by atoms with E-state index in [1.54, 1.807) is 11.1 Å². The van der Waals surface area contributed by atoms with Crippen LogP contribution in [0.15, 0.2) is 48.7 Å². The van der Waals surface area contributed by atoms with Crippen LogP contribution in [0.2, 0.25) is 0 Å². The van der Waals surface area contributed by atoms with E-state index >= 15 is 0 Å². The number of rotatable bonds is 6. The van der Waals surface area contributed by atoms with Gasteiger partial charge in [-0.15, -0.1) is 0 Å². The number of anilines is 1. The van der Waals surface area contributed by atoms with E-state index in [9.17, 15) is 24.8 Å². The zero-order chi connectivity index (χ0) is 25.9. The highest BCUT2D eigenvalue weighted by Crippen LogP contribution is 2.27. The number of carboxylic acid groups (broad SMARTS) is 1. The van der Waals surface area contributed by atoms with E-state index in [0.29, 0.717) is 38.0 Å². The van der Waals surface area contributed by atoms with Gasteiger partial charge in [-0.1, -0.05) is 24.3 Å². The van der Waals surface area contributed by atoms with Crippen molar-refractivity contribution in [1.82, 2.24) is 20.1 Å². The van der Waals surface area contributed by atoms with E-state index in [2.05, 4.69) is 21.7 Å². The molecule has 1 unspecified atom stereocenters. The van der Waals surface area contributed by atoms with Gasteiger partial charge in [0.05, 0.1) is 11.5 Å². The molecule has 1 aromatic heterocycles. The molecule has 1 fully saturated rings. The lowest BCUT2D eigenvalue weighted by molar-refractivity contribution is -0.141. The summed E-state index contributed by atoms with van der Waals surface area (Å²) in [5, 5.41) is 25.5. The van der Waals surface area contributed by atoms with Gasteiger partial charge in [-0.05, 0) is 48.6 Å². The number of aliphatic carboxylic acids is 1. The van der Waals surface area contributed by atoms with Crippen LogP contribution in [0.5, 0.6) is 0 Å². The molecule has 4 N–H and O–H groups in total. The van der Waals surface area contributed by atoms with E-state index in [-0.39, 0.29) is 31.1 Å². The predicted molar refractivity (Wildman–Crippen MR) is 137 cm³/mol. The highest BCUT2D eigenvalue weighted by atomic mass is 16.4. The number of nitriles is 1. The Kier molecular flexibility index (Phi) is 6.68. The second-order valence-corrected chi connectivity index (χ2v) is 9.55. The summed E-state index contributed by atoms with van der Waals surface area (Å²) in [4.78, 5) is 43.8. The Morgan fingerprint density at radius 1 is 1.19 bits per heavy atom. The number of likely N-dealkylation sites (tertiary alicyclic amines) is 1. The first-order chi connectivity index (χ1) is 17.9.